The molecule has 0 spiro atoms. The summed E-state index contributed by atoms with van der Waals surface area (Å²) in [5, 5.41) is 49.1. The van der Waals surface area contributed by atoms with Gasteiger partial charge >= 0.3 is 0 Å². The van der Waals surface area contributed by atoms with E-state index in [1.807, 2.05) is 0 Å². The predicted molar refractivity (Wildman–Crippen MR) is 43.0 cm³/mol. The molecule has 0 radical (unpaired) electrons. The predicted octanol–water partition coefficient (Wildman–Crippen LogP) is -2.52. The van der Waals surface area contributed by atoms with Gasteiger partial charge in [0.2, 0.25) is 0 Å². The van der Waals surface area contributed by atoms with Gasteiger partial charge in [-0.2, -0.15) is 0 Å². The number of hydrogen-bond donors (Lipinski definition) is 5. The van der Waals surface area contributed by atoms with Crippen LogP contribution in [0.4, 0.5) is 0 Å². The average molecular weight is 205 g/mol. The highest BCUT2D eigenvalue weighted by Gasteiger charge is 2.47. The Hall–Kier alpha value is -0.890. The largest absolute Gasteiger partial charge is 0.390 e. The minimum atomic E-state index is -1.66. The highest BCUT2D eigenvalue weighted by molar-refractivity contribution is 5.02. The zero-order valence-electron chi connectivity index (χ0n) is 7.04. The Morgan fingerprint density at radius 1 is 0.786 bits per heavy atom. The zero-order valence-corrected chi connectivity index (χ0v) is 7.04. The molecular formula is C6H11N3O5. The van der Waals surface area contributed by atoms with Crippen LogP contribution in [0.5, 0.6) is 0 Å². The van der Waals surface area contributed by atoms with Gasteiger partial charge in [-0.3, -0.25) is 0 Å². The van der Waals surface area contributed by atoms with Crippen molar-refractivity contribution in [3.05, 3.63) is 10.4 Å². The summed E-state index contributed by atoms with van der Waals surface area (Å²) >= 11 is 0. The van der Waals surface area contributed by atoms with Gasteiger partial charge in [-0.25, -0.2) is 0 Å². The van der Waals surface area contributed by atoms with Crippen molar-refractivity contribution in [2.24, 2.45) is 5.11 Å². The first-order valence-corrected chi connectivity index (χ1v) is 3.95. The molecule has 0 heterocycles. The van der Waals surface area contributed by atoms with Crippen molar-refractivity contribution < 1.29 is 25.5 Å². The Bertz CT molecular complexity index is 240. The Kier molecular flexibility index (Phi) is 3.27. The Morgan fingerprint density at radius 2 is 1.14 bits per heavy atom. The van der Waals surface area contributed by atoms with Gasteiger partial charge in [0.25, 0.3) is 0 Å². The van der Waals surface area contributed by atoms with Crippen LogP contribution in [0.3, 0.4) is 0 Å². The van der Waals surface area contributed by atoms with E-state index in [0.29, 0.717) is 0 Å². The van der Waals surface area contributed by atoms with Crippen molar-refractivity contribution in [3.8, 4) is 0 Å². The van der Waals surface area contributed by atoms with Crippen LogP contribution in [-0.4, -0.2) is 62.1 Å². The van der Waals surface area contributed by atoms with Gasteiger partial charge in [0.1, 0.15) is 18.3 Å². The van der Waals surface area contributed by atoms with Crippen molar-refractivity contribution in [1.82, 2.24) is 0 Å². The zero-order chi connectivity index (χ0) is 10.9. The molecule has 0 bridgehead atoms. The fourth-order valence-corrected chi connectivity index (χ4v) is 1.41. The molecule has 0 saturated heterocycles. The number of azide groups is 1. The molecular weight excluding hydrogens is 194 g/mol. The van der Waals surface area contributed by atoms with Gasteiger partial charge < -0.3 is 25.5 Å². The van der Waals surface area contributed by atoms with E-state index in [1.165, 1.54) is 0 Å². The van der Waals surface area contributed by atoms with E-state index in [9.17, 15) is 20.4 Å². The Labute approximate surface area is 78.7 Å². The van der Waals surface area contributed by atoms with Crippen molar-refractivity contribution >= 4 is 0 Å². The second-order valence-electron chi connectivity index (χ2n) is 3.15. The first-order chi connectivity index (χ1) is 6.50. The second-order valence-corrected chi connectivity index (χ2v) is 3.15. The molecule has 0 aromatic rings. The molecule has 14 heavy (non-hydrogen) atoms. The van der Waals surface area contributed by atoms with E-state index in [-0.39, 0.29) is 0 Å². The quantitative estimate of drug-likeness (QED) is 0.182. The summed E-state index contributed by atoms with van der Waals surface area (Å²) < 4.78 is 0. The first kappa shape index (κ1) is 11.2. The van der Waals surface area contributed by atoms with Crippen LogP contribution < -0.4 is 0 Å². The van der Waals surface area contributed by atoms with Gasteiger partial charge in [-0.15, -0.1) is 0 Å². The summed E-state index contributed by atoms with van der Waals surface area (Å²) in [5.41, 5.74) is 8.10. The monoisotopic (exact) mass is 205 g/mol. The smallest absolute Gasteiger partial charge is 0.111 e. The van der Waals surface area contributed by atoms with E-state index < -0.39 is 36.6 Å². The van der Waals surface area contributed by atoms with Gasteiger partial charge in [-0.1, -0.05) is 5.11 Å². The molecule has 6 atom stereocenters. The summed E-state index contributed by atoms with van der Waals surface area (Å²) in [4.78, 5) is 2.36. The third-order valence-corrected chi connectivity index (χ3v) is 2.28. The van der Waals surface area contributed by atoms with Crippen molar-refractivity contribution in [2.75, 3.05) is 0 Å². The Morgan fingerprint density at radius 3 is 1.50 bits per heavy atom. The highest BCUT2D eigenvalue weighted by atomic mass is 16.4. The lowest BCUT2D eigenvalue weighted by Crippen LogP contribution is -2.62. The normalized spacial score (nSPS) is 48.4. The molecule has 2 unspecified atom stereocenters. The van der Waals surface area contributed by atoms with Crippen molar-refractivity contribution in [3.63, 3.8) is 0 Å². The first-order valence-electron chi connectivity index (χ1n) is 3.95. The van der Waals surface area contributed by atoms with E-state index in [4.69, 9.17) is 10.6 Å². The molecule has 5 N–H and O–H groups in total. The SMILES string of the molecule is [N-]=[N+]=NC1[C@@H](O)[C@@H](O)C(O)[C@H](O)[C@H]1O. The van der Waals surface area contributed by atoms with Gasteiger partial charge in [0.05, 0.1) is 18.2 Å². The van der Waals surface area contributed by atoms with Crippen LogP contribution in [0.15, 0.2) is 5.11 Å². The lowest BCUT2D eigenvalue weighted by Gasteiger charge is -2.39. The third kappa shape index (κ3) is 1.67. The molecule has 1 aliphatic rings. The molecule has 0 aliphatic heterocycles. The third-order valence-electron chi connectivity index (χ3n) is 2.28. The molecule has 1 aliphatic carbocycles. The maximum Gasteiger partial charge on any atom is 0.111 e. The molecule has 8 nitrogen and oxygen atoms in total. The van der Waals surface area contributed by atoms with Crippen LogP contribution in [-0.2, 0) is 0 Å². The number of hydrogen-bond acceptors (Lipinski definition) is 6. The van der Waals surface area contributed by atoms with E-state index >= 15 is 0 Å². The molecule has 1 saturated carbocycles. The molecule has 0 aromatic heterocycles. The highest BCUT2D eigenvalue weighted by Crippen LogP contribution is 2.23. The fraction of sp³-hybridized carbons (Fsp3) is 1.00. The van der Waals surface area contributed by atoms with Gasteiger partial charge in [0.15, 0.2) is 0 Å². The summed E-state index contributed by atoms with van der Waals surface area (Å²) in [6.07, 6.45) is -8.16. The van der Waals surface area contributed by atoms with Crippen LogP contribution in [0, 0.1) is 0 Å². The number of aliphatic hydroxyl groups excluding tert-OH is 5. The van der Waals surface area contributed by atoms with Gasteiger partial charge in [0, 0.05) is 4.91 Å². The van der Waals surface area contributed by atoms with Crippen LogP contribution in [0.2, 0.25) is 0 Å². The maximum absolute atomic E-state index is 9.28. The molecule has 0 amide bonds. The minimum absolute atomic E-state index is 1.37. The topological polar surface area (TPSA) is 150 Å². The van der Waals surface area contributed by atoms with Crippen LogP contribution in [0.25, 0.3) is 10.4 Å². The van der Waals surface area contributed by atoms with Crippen molar-refractivity contribution in [1.29, 1.82) is 0 Å². The van der Waals surface area contributed by atoms with Crippen LogP contribution >= 0.6 is 0 Å². The van der Waals surface area contributed by atoms with Crippen molar-refractivity contribution in [2.45, 2.75) is 36.6 Å². The molecule has 1 fully saturated rings. The summed E-state index contributed by atoms with van der Waals surface area (Å²) in [7, 11) is 0. The fourth-order valence-electron chi connectivity index (χ4n) is 1.41. The molecule has 0 aromatic carbocycles. The minimum Gasteiger partial charge on any atom is -0.390 e. The summed E-state index contributed by atoms with van der Waals surface area (Å²) in [5.74, 6) is 0. The lowest BCUT2D eigenvalue weighted by atomic mass is 9.84. The molecule has 1 rings (SSSR count). The number of rotatable bonds is 1. The number of aliphatic hydroxyl groups is 5. The number of nitrogens with zero attached hydrogens (tertiary/aromatic N) is 3. The standard InChI is InChI=1S/C6H11N3O5/c7-9-8-1-2(10)4(12)6(14)5(13)3(1)11/h1-6,10-14H/t1?,2-,3+,4-,5-,6?/m1/s1. The summed E-state index contributed by atoms with van der Waals surface area (Å²) in [6.45, 7) is 0. The van der Waals surface area contributed by atoms with E-state index in [0.717, 1.165) is 0 Å². The van der Waals surface area contributed by atoms with E-state index in [1.54, 1.807) is 0 Å². The van der Waals surface area contributed by atoms with Gasteiger partial charge in [-0.05, 0) is 5.53 Å². The lowest BCUT2D eigenvalue weighted by molar-refractivity contribution is -0.184. The molecule has 80 valence electrons. The van der Waals surface area contributed by atoms with E-state index in [2.05, 4.69) is 10.0 Å². The van der Waals surface area contributed by atoms with Crippen LogP contribution in [0.1, 0.15) is 0 Å². The summed E-state index contributed by atoms with van der Waals surface area (Å²) in [6, 6.07) is -1.37. The average Bonchev–Trinajstić information content (AvgIpc) is 2.19. The molecule has 8 heteroatoms. The second kappa shape index (κ2) is 4.09. The maximum atomic E-state index is 9.28. The Balaban J connectivity index is 2.91.